The fourth-order valence-corrected chi connectivity index (χ4v) is 2.49. The van der Waals surface area contributed by atoms with Gasteiger partial charge in [0, 0.05) is 0 Å². The lowest BCUT2D eigenvalue weighted by Gasteiger charge is -2.06. The zero-order chi connectivity index (χ0) is 8.39. The molecule has 0 aliphatic rings. The van der Waals surface area contributed by atoms with E-state index in [-0.39, 0.29) is 18.4 Å². The van der Waals surface area contributed by atoms with Crippen LogP contribution < -0.4 is 5.73 Å². The highest BCUT2D eigenvalue weighted by Gasteiger charge is 2.08. The van der Waals surface area contributed by atoms with Gasteiger partial charge in [0.25, 0.3) is 0 Å². The second-order valence-corrected chi connectivity index (χ2v) is 4.15. The summed E-state index contributed by atoms with van der Waals surface area (Å²) in [6, 6.07) is 4.21. The molecule has 0 aromatic carbocycles. The van der Waals surface area contributed by atoms with Gasteiger partial charge in [0.2, 0.25) is 0 Å². The molecule has 4 heteroatoms. The van der Waals surface area contributed by atoms with Crippen LogP contribution in [0, 0.1) is 0 Å². The molecule has 2 aromatic heterocycles. The molecule has 0 fully saturated rings. The highest BCUT2D eigenvalue weighted by molar-refractivity contribution is 7.08. The second kappa shape index (κ2) is 4.77. The molecule has 0 aliphatic carbocycles. The lowest BCUT2D eigenvalue weighted by Crippen LogP contribution is -2.09. The zero-order valence-electron chi connectivity index (χ0n) is 6.84. The van der Waals surface area contributed by atoms with Crippen molar-refractivity contribution in [1.29, 1.82) is 0 Å². The van der Waals surface area contributed by atoms with Crippen molar-refractivity contribution >= 4 is 35.1 Å². The van der Waals surface area contributed by atoms with Crippen LogP contribution >= 0.6 is 35.1 Å². The first-order valence-electron chi connectivity index (χ1n) is 3.67. The average Bonchev–Trinajstić information content (AvgIpc) is 2.77. The van der Waals surface area contributed by atoms with Crippen molar-refractivity contribution in [1.82, 2.24) is 0 Å². The van der Waals surface area contributed by atoms with Crippen molar-refractivity contribution in [2.75, 3.05) is 0 Å². The van der Waals surface area contributed by atoms with Gasteiger partial charge in [0.15, 0.2) is 0 Å². The molecule has 0 saturated carbocycles. The number of hydrogen-bond donors (Lipinski definition) is 1. The first kappa shape index (κ1) is 10.7. The Hall–Kier alpha value is -0.350. The van der Waals surface area contributed by atoms with Gasteiger partial charge >= 0.3 is 0 Å². The molecule has 70 valence electrons. The Balaban J connectivity index is 0.000000845. The molecule has 0 saturated heterocycles. The maximum Gasteiger partial charge on any atom is 0.0568 e. The third kappa shape index (κ3) is 2.31. The van der Waals surface area contributed by atoms with Crippen LogP contribution in [-0.2, 0) is 0 Å². The summed E-state index contributed by atoms with van der Waals surface area (Å²) in [4.78, 5) is 0. The first-order chi connectivity index (χ1) is 5.88. The van der Waals surface area contributed by atoms with Gasteiger partial charge in [-0.15, -0.1) is 12.4 Å². The summed E-state index contributed by atoms with van der Waals surface area (Å²) < 4.78 is 0. The van der Waals surface area contributed by atoms with Crippen LogP contribution in [0.25, 0.3) is 0 Å². The largest absolute Gasteiger partial charge is 0.320 e. The lowest BCUT2D eigenvalue weighted by atomic mass is 10.1. The van der Waals surface area contributed by atoms with Crippen LogP contribution in [-0.4, -0.2) is 0 Å². The molecule has 2 aromatic rings. The predicted molar refractivity (Wildman–Crippen MR) is 61.9 cm³/mol. The minimum Gasteiger partial charge on any atom is -0.320 e. The van der Waals surface area contributed by atoms with Crippen molar-refractivity contribution in [3.05, 3.63) is 44.8 Å². The lowest BCUT2D eigenvalue weighted by molar-refractivity contribution is 0.882. The molecule has 0 aliphatic heterocycles. The van der Waals surface area contributed by atoms with E-state index in [0.717, 1.165) is 0 Å². The standard InChI is InChI=1S/C9H9NS2.ClH/c10-9(7-1-3-11-5-7)8-2-4-12-6-8;/h1-6,9H,10H2;1H. The van der Waals surface area contributed by atoms with Gasteiger partial charge in [0.05, 0.1) is 6.04 Å². The van der Waals surface area contributed by atoms with Gasteiger partial charge in [-0.3, -0.25) is 0 Å². The van der Waals surface area contributed by atoms with E-state index in [2.05, 4.69) is 33.7 Å². The molecule has 2 heterocycles. The summed E-state index contributed by atoms with van der Waals surface area (Å²) in [5.41, 5.74) is 8.43. The minimum atomic E-state index is 0. The van der Waals surface area contributed by atoms with Gasteiger partial charge in [0.1, 0.15) is 0 Å². The van der Waals surface area contributed by atoms with Crippen LogP contribution in [0.4, 0.5) is 0 Å². The molecule has 0 bridgehead atoms. The van der Waals surface area contributed by atoms with E-state index in [1.807, 2.05) is 0 Å². The predicted octanol–water partition coefficient (Wildman–Crippen LogP) is 3.28. The Labute approximate surface area is 91.6 Å². The van der Waals surface area contributed by atoms with Crippen molar-refractivity contribution in [2.24, 2.45) is 5.73 Å². The van der Waals surface area contributed by atoms with E-state index in [1.54, 1.807) is 22.7 Å². The highest BCUT2D eigenvalue weighted by Crippen LogP contribution is 2.22. The Morgan fingerprint density at radius 2 is 1.46 bits per heavy atom. The molecule has 0 radical (unpaired) electrons. The normalized spacial score (nSPS) is 10.0. The second-order valence-electron chi connectivity index (χ2n) is 2.59. The van der Waals surface area contributed by atoms with Gasteiger partial charge < -0.3 is 5.73 Å². The molecule has 0 spiro atoms. The van der Waals surface area contributed by atoms with Gasteiger partial charge in [-0.2, -0.15) is 22.7 Å². The zero-order valence-corrected chi connectivity index (χ0v) is 9.29. The minimum absolute atomic E-state index is 0. The summed E-state index contributed by atoms with van der Waals surface area (Å²) in [6.07, 6.45) is 0. The van der Waals surface area contributed by atoms with E-state index in [1.165, 1.54) is 11.1 Å². The van der Waals surface area contributed by atoms with E-state index in [9.17, 15) is 0 Å². The van der Waals surface area contributed by atoms with Crippen LogP contribution in [0.15, 0.2) is 33.7 Å². The maximum atomic E-state index is 6.02. The summed E-state index contributed by atoms with van der Waals surface area (Å²) >= 11 is 3.38. The number of nitrogens with two attached hydrogens (primary N) is 1. The van der Waals surface area contributed by atoms with Crippen molar-refractivity contribution in [3.63, 3.8) is 0 Å². The van der Waals surface area contributed by atoms with Crippen molar-refractivity contribution < 1.29 is 0 Å². The van der Waals surface area contributed by atoms with Crippen LogP contribution in [0.3, 0.4) is 0 Å². The molecule has 0 atom stereocenters. The summed E-state index contributed by atoms with van der Waals surface area (Å²) in [5.74, 6) is 0. The maximum absolute atomic E-state index is 6.02. The topological polar surface area (TPSA) is 26.0 Å². The Morgan fingerprint density at radius 3 is 1.77 bits per heavy atom. The average molecular weight is 232 g/mol. The van der Waals surface area contributed by atoms with E-state index in [4.69, 9.17) is 5.73 Å². The smallest absolute Gasteiger partial charge is 0.0568 e. The van der Waals surface area contributed by atoms with E-state index in [0.29, 0.717) is 0 Å². The molecule has 2 N–H and O–H groups in total. The third-order valence-corrected chi connectivity index (χ3v) is 3.21. The molecule has 13 heavy (non-hydrogen) atoms. The van der Waals surface area contributed by atoms with Crippen molar-refractivity contribution in [3.8, 4) is 0 Å². The number of rotatable bonds is 2. The molecule has 0 unspecified atom stereocenters. The molecule has 1 nitrogen and oxygen atoms in total. The summed E-state index contributed by atoms with van der Waals surface area (Å²) in [6.45, 7) is 0. The van der Waals surface area contributed by atoms with Crippen LogP contribution in [0.2, 0.25) is 0 Å². The first-order valence-corrected chi connectivity index (χ1v) is 5.56. The Bertz CT molecular complexity index is 294. The Kier molecular flexibility index (Phi) is 3.93. The molecule has 0 amide bonds. The molecular formula is C9H10ClNS2. The monoisotopic (exact) mass is 231 g/mol. The van der Waals surface area contributed by atoms with Gasteiger partial charge in [-0.1, -0.05) is 0 Å². The van der Waals surface area contributed by atoms with E-state index < -0.39 is 0 Å². The fourth-order valence-electron chi connectivity index (χ4n) is 1.10. The quantitative estimate of drug-likeness (QED) is 0.844. The highest BCUT2D eigenvalue weighted by atomic mass is 35.5. The van der Waals surface area contributed by atoms with Gasteiger partial charge in [-0.05, 0) is 44.8 Å². The van der Waals surface area contributed by atoms with Gasteiger partial charge in [-0.25, -0.2) is 0 Å². The third-order valence-electron chi connectivity index (χ3n) is 1.80. The summed E-state index contributed by atoms with van der Waals surface area (Å²) in [5, 5.41) is 8.31. The van der Waals surface area contributed by atoms with E-state index >= 15 is 0 Å². The number of thiophene rings is 2. The van der Waals surface area contributed by atoms with Crippen molar-refractivity contribution in [2.45, 2.75) is 6.04 Å². The SMILES string of the molecule is Cl.NC(c1ccsc1)c1ccsc1. The number of hydrogen-bond acceptors (Lipinski definition) is 3. The number of halogens is 1. The Morgan fingerprint density at radius 1 is 1.00 bits per heavy atom. The summed E-state index contributed by atoms with van der Waals surface area (Å²) in [7, 11) is 0. The van der Waals surface area contributed by atoms with Crippen LogP contribution in [0.5, 0.6) is 0 Å². The fraction of sp³-hybridized carbons (Fsp3) is 0.111. The molecular weight excluding hydrogens is 222 g/mol. The molecule has 2 rings (SSSR count). The van der Waals surface area contributed by atoms with Crippen LogP contribution in [0.1, 0.15) is 17.2 Å².